The number of benzene rings is 1. The minimum atomic E-state index is 0.709. The zero-order chi connectivity index (χ0) is 12.5. The van der Waals surface area contributed by atoms with Gasteiger partial charge in [0, 0.05) is 26.7 Å². The summed E-state index contributed by atoms with van der Waals surface area (Å²) < 4.78 is 5.23. The molecule has 0 heterocycles. The molecule has 0 saturated carbocycles. The van der Waals surface area contributed by atoms with E-state index in [1.54, 1.807) is 7.11 Å². The topological polar surface area (TPSA) is 15.7 Å². The number of hydrogen-bond acceptors (Lipinski definition) is 3. The van der Waals surface area contributed by atoms with Gasteiger partial charge in [0.2, 0.25) is 0 Å². The Morgan fingerprint density at radius 2 is 1.71 bits per heavy atom. The van der Waals surface area contributed by atoms with E-state index in [1.807, 2.05) is 0 Å². The highest BCUT2D eigenvalue weighted by atomic mass is 16.5. The van der Waals surface area contributed by atoms with Crippen LogP contribution in [0.4, 0.5) is 0 Å². The van der Waals surface area contributed by atoms with Crippen LogP contribution >= 0.6 is 0 Å². The number of nitrogens with zero attached hydrogens (tertiary/aromatic N) is 2. The van der Waals surface area contributed by atoms with Crippen molar-refractivity contribution in [1.82, 2.24) is 9.80 Å². The molecular weight excluding hydrogens is 212 g/mol. The minimum Gasteiger partial charge on any atom is -0.369 e. The average Bonchev–Trinajstić information content (AvgIpc) is 2.34. The molecule has 0 amide bonds. The van der Waals surface area contributed by atoms with Crippen molar-refractivity contribution in [3.63, 3.8) is 0 Å². The van der Waals surface area contributed by atoms with E-state index in [0.717, 1.165) is 26.1 Å². The Morgan fingerprint density at radius 1 is 1.00 bits per heavy atom. The van der Waals surface area contributed by atoms with Gasteiger partial charge >= 0.3 is 0 Å². The second-order valence-corrected chi connectivity index (χ2v) is 4.57. The summed E-state index contributed by atoms with van der Waals surface area (Å²) in [4.78, 5) is 4.54. The van der Waals surface area contributed by atoms with Gasteiger partial charge in [-0.1, -0.05) is 30.3 Å². The van der Waals surface area contributed by atoms with E-state index in [0.29, 0.717) is 6.73 Å². The van der Waals surface area contributed by atoms with E-state index in [4.69, 9.17) is 4.74 Å². The van der Waals surface area contributed by atoms with Crippen LogP contribution in [0.1, 0.15) is 5.56 Å². The van der Waals surface area contributed by atoms with Crippen molar-refractivity contribution in [1.29, 1.82) is 0 Å². The zero-order valence-corrected chi connectivity index (χ0v) is 11.2. The lowest BCUT2D eigenvalue weighted by Crippen LogP contribution is -2.34. The predicted octanol–water partition coefficient (Wildman–Crippen LogP) is 1.70. The summed E-state index contributed by atoms with van der Waals surface area (Å²) in [7, 11) is 5.95. The highest BCUT2D eigenvalue weighted by Crippen LogP contribution is 2.01. The maximum absolute atomic E-state index is 5.23. The summed E-state index contributed by atoms with van der Waals surface area (Å²) in [6.07, 6.45) is 1.08. The summed E-state index contributed by atoms with van der Waals surface area (Å²) in [5.74, 6) is 0. The van der Waals surface area contributed by atoms with Crippen molar-refractivity contribution in [2.75, 3.05) is 47.6 Å². The molecule has 0 radical (unpaired) electrons. The molecule has 1 aromatic rings. The number of rotatable bonds is 8. The number of hydrogen-bond donors (Lipinski definition) is 0. The molecule has 3 nitrogen and oxygen atoms in total. The lowest BCUT2D eigenvalue weighted by molar-refractivity contribution is 0.0597. The normalized spacial score (nSPS) is 11.4. The van der Waals surface area contributed by atoms with Crippen LogP contribution in [0.3, 0.4) is 0 Å². The second kappa shape index (κ2) is 8.23. The van der Waals surface area contributed by atoms with E-state index < -0.39 is 0 Å². The lowest BCUT2D eigenvalue weighted by atomic mass is 10.1. The average molecular weight is 236 g/mol. The first kappa shape index (κ1) is 14.2. The van der Waals surface area contributed by atoms with E-state index in [1.165, 1.54) is 5.56 Å². The van der Waals surface area contributed by atoms with E-state index in [-0.39, 0.29) is 0 Å². The van der Waals surface area contributed by atoms with Gasteiger partial charge in [-0.2, -0.15) is 0 Å². The molecule has 0 bridgehead atoms. The van der Waals surface area contributed by atoms with Crippen LogP contribution in [0, 0.1) is 0 Å². The first-order chi connectivity index (χ1) is 8.22. The van der Waals surface area contributed by atoms with Crippen molar-refractivity contribution in [3.8, 4) is 0 Å². The maximum atomic E-state index is 5.23. The van der Waals surface area contributed by atoms with Crippen LogP contribution in [0.2, 0.25) is 0 Å². The standard InChI is InChI=1S/C14H24N2O/c1-15(2)11-12-16(13-17-3)10-9-14-7-5-4-6-8-14/h4-8H,9-13H2,1-3H3. The Morgan fingerprint density at radius 3 is 2.29 bits per heavy atom. The number of ether oxygens (including phenoxy) is 1. The van der Waals surface area contributed by atoms with Gasteiger partial charge in [0.25, 0.3) is 0 Å². The van der Waals surface area contributed by atoms with Crippen LogP contribution in [-0.2, 0) is 11.2 Å². The summed E-state index contributed by atoms with van der Waals surface area (Å²) >= 11 is 0. The molecule has 0 atom stereocenters. The van der Waals surface area contributed by atoms with Crippen LogP contribution in [0.15, 0.2) is 30.3 Å². The molecule has 1 aromatic carbocycles. The molecule has 0 aromatic heterocycles. The van der Waals surface area contributed by atoms with Gasteiger partial charge in [-0.15, -0.1) is 0 Å². The molecule has 0 aliphatic carbocycles. The van der Waals surface area contributed by atoms with Crippen molar-refractivity contribution < 1.29 is 4.74 Å². The molecule has 3 heteroatoms. The van der Waals surface area contributed by atoms with E-state index >= 15 is 0 Å². The van der Waals surface area contributed by atoms with E-state index in [9.17, 15) is 0 Å². The zero-order valence-electron chi connectivity index (χ0n) is 11.2. The molecule has 96 valence electrons. The molecule has 17 heavy (non-hydrogen) atoms. The minimum absolute atomic E-state index is 0.709. The predicted molar refractivity (Wildman–Crippen MR) is 72.1 cm³/mol. The Balaban J connectivity index is 2.33. The third-order valence-electron chi connectivity index (χ3n) is 2.73. The quantitative estimate of drug-likeness (QED) is 0.639. The molecule has 0 aliphatic heterocycles. The highest BCUT2D eigenvalue weighted by Gasteiger charge is 2.04. The SMILES string of the molecule is COCN(CCc1ccccc1)CCN(C)C. The second-order valence-electron chi connectivity index (χ2n) is 4.57. The number of methoxy groups -OCH3 is 1. The Bertz CT molecular complexity index is 288. The van der Waals surface area contributed by atoms with Gasteiger partial charge in [0.15, 0.2) is 0 Å². The van der Waals surface area contributed by atoms with Gasteiger partial charge in [-0.05, 0) is 26.1 Å². The smallest absolute Gasteiger partial charge is 0.0986 e. The van der Waals surface area contributed by atoms with Gasteiger partial charge in [-0.25, -0.2) is 0 Å². The molecule has 1 rings (SSSR count). The molecule has 0 fully saturated rings. The highest BCUT2D eigenvalue weighted by molar-refractivity contribution is 5.14. The van der Waals surface area contributed by atoms with Gasteiger partial charge in [0.1, 0.15) is 0 Å². The fraction of sp³-hybridized carbons (Fsp3) is 0.571. The fourth-order valence-corrected chi connectivity index (χ4v) is 1.70. The van der Waals surface area contributed by atoms with Crippen molar-refractivity contribution in [2.45, 2.75) is 6.42 Å². The molecular formula is C14H24N2O. The van der Waals surface area contributed by atoms with Crippen LogP contribution in [0.25, 0.3) is 0 Å². The van der Waals surface area contributed by atoms with E-state index in [2.05, 4.69) is 54.2 Å². The fourth-order valence-electron chi connectivity index (χ4n) is 1.70. The molecule has 0 N–H and O–H groups in total. The Kier molecular flexibility index (Phi) is 6.86. The van der Waals surface area contributed by atoms with Crippen LogP contribution < -0.4 is 0 Å². The first-order valence-electron chi connectivity index (χ1n) is 6.12. The van der Waals surface area contributed by atoms with Gasteiger partial charge in [0.05, 0.1) is 6.73 Å². The molecule has 0 saturated heterocycles. The molecule has 0 aliphatic rings. The summed E-state index contributed by atoms with van der Waals surface area (Å²) in [5, 5.41) is 0. The largest absolute Gasteiger partial charge is 0.369 e. The van der Waals surface area contributed by atoms with Crippen LogP contribution in [-0.4, -0.2) is 57.4 Å². The first-order valence-corrected chi connectivity index (χ1v) is 6.12. The lowest BCUT2D eigenvalue weighted by Gasteiger charge is -2.23. The van der Waals surface area contributed by atoms with Crippen LogP contribution in [0.5, 0.6) is 0 Å². The summed E-state index contributed by atoms with van der Waals surface area (Å²) in [6, 6.07) is 10.6. The summed E-state index contributed by atoms with van der Waals surface area (Å²) in [5.41, 5.74) is 1.39. The van der Waals surface area contributed by atoms with Crippen molar-refractivity contribution in [3.05, 3.63) is 35.9 Å². The molecule has 0 spiro atoms. The maximum Gasteiger partial charge on any atom is 0.0986 e. The third-order valence-corrected chi connectivity index (χ3v) is 2.73. The Labute approximate surface area is 105 Å². The third kappa shape index (κ3) is 6.41. The summed E-state index contributed by atoms with van der Waals surface area (Å²) in [6.45, 7) is 3.87. The van der Waals surface area contributed by atoms with Crippen molar-refractivity contribution >= 4 is 0 Å². The van der Waals surface area contributed by atoms with Crippen molar-refractivity contribution in [2.24, 2.45) is 0 Å². The van der Waals surface area contributed by atoms with Gasteiger partial charge in [-0.3, -0.25) is 4.90 Å². The monoisotopic (exact) mass is 236 g/mol. The number of likely N-dealkylation sites (N-methyl/N-ethyl adjacent to an activating group) is 1. The molecule has 0 unspecified atom stereocenters. The Hall–Kier alpha value is -0.900. The van der Waals surface area contributed by atoms with Gasteiger partial charge < -0.3 is 9.64 Å².